The minimum atomic E-state index is -4.84. The SMILES string of the molecule is COc1c(N=C=O)cccc1OC(F)(F)F. The molecule has 0 amide bonds. The second-order valence-electron chi connectivity index (χ2n) is 2.56. The van der Waals surface area contributed by atoms with Crippen LogP contribution in [0, 0.1) is 0 Å². The van der Waals surface area contributed by atoms with Crippen LogP contribution in [-0.4, -0.2) is 19.6 Å². The van der Waals surface area contributed by atoms with E-state index in [1.165, 1.54) is 18.2 Å². The maximum absolute atomic E-state index is 12.0. The molecule has 7 heteroatoms. The number of carbonyl (C=O) groups excluding carboxylic acids is 1. The van der Waals surface area contributed by atoms with Crippen LogP contribution in [0.4, 0.5) is 18.9 Å². The van der Waals surface area contributed by atoms with Gasteiger partial charge in [-0.15, -0.1) is 13.2 Å². The van der Waals surface area contributed by atoms with Gasteiger partial charge in [-0.05, 0) is 12.1 Å². The maximum atomic E-state index is 12.0. The lowest BCUT2D eigenvalue weighted by Crippen LogP contribution is -2.17. The van der Waals surface area contributed by atoms with E-state index >= 15 is 0 Å². The van der Waals surface area contributed by atoms with Gasteiger partial charge in [-0.25, -0.2) is 4.79 Å². The number of hydrogen-bond donors (Lipinski definition) is 0. The predicted molar refractivity (Wildman–Crippen MR) is 47.5 cm³/mol. The van der Waals surface area contributed by atoms with Crippen molar-refractivity contribution < 1.29 is 27.4 Å². The summed E-state index contributed by atoms with van der Waals surface area (Å²) in [5, 5.41) is 0. The molecule has 86 valence electrons. The summed E-state index contributed by atoms with van der Waals surface area (Å²) < 4.78 is 44.3. The van der Waals surface area contributed by atoms with E-state index in [1.807, 2.05) is 0 Å². The fourth-order valence-corrected chi connectivity index (χ4v) is 1.05. The Balaban J connectivity index is 3.18. The molecule has 16 heavy (non-hydrogen) atoms. The number of benzene rings is 1. The van der Waals surface area contributed by atoms with Gasteiger partial charge in [0.2, 0.25) is 6.08 Å². The van der Waals surface area contributed by atoms with Gasteiger partial charge in [0.05, 0.1) is 7.11 Å². The molecule has 0 spiro atoms. The van der Waals surface area contributed by atoms with E-state index in [0.29, 0.717) is 0 Å². The Bertz CT molecular complexity index is 424. The zero-order valence-corrected chi connectivity index (χ0v) is 8.04. The smallest absolute Gasteiger partial charge is 0.491 e. The normalized spacial score (nSPS) is 10.5. The van der Waals surface area contributed by atoms with Crippen molar-refractivity contribution in [1.82, 2.24) is 0 Å². The first-order chi connectivity index (χ1) is 7.48. The van der Waals surface area contributed by atoms with Gasteiger partial charge >= 0.3 is 6.36 Å². The second kappa shape index (κ2) is 4.67. The average Bonchev–Trinajstić information content (AvgIpc) is 2.16. The Hall–Kier alpha value is -2.01. The third-order valence-electron chi connectivity index (χ3n) is 1.55. The Morgan fingerprint density at radius 2 is 2.06 bits per heavy atom. The lowest BCUT2D eigenvalue weighted by molar-refractivity contribution is -0.275. The first kappa shape index (κ1) is 12.1. The van der Waals surface area contributed by atoms with Crippen molar-refractivity contribution in [2.75, 3.05) is 7.11 Å². The van der Waals surface area contributed by atoms with Gasteiger partial charge in [-0.3, -0.25) is 0 Å². The molecule has 0 radical (unpaired) electrons. The summed E-state index contributed by atoms with van der Waals surface area (Å²) in [6, 6.07) is 3.60. The summed E-state index contributed by atoms with van der Waals surface area (Å²) in [4.78, 5) is 13.2. The molecular weight excluding hydrogens is 227 g/mol. The van der Waals surface area contributed by atoms with Crippen molar-refractivity contribution >= 4 is 11.8 Å². The number of methoxy groups -OCH3 is 1. The lowest BCUT2D eigenvalue weighted by atomic mass is 10.3. The monoisotopic (exact) mass is 233 g/mol. The Labute approximate surface area is 88.3 Å². The highest BCUT2D eigenvalue weighted by Crippen LogP contribution is 2.39. The zero-order valence-electron chi connectivity index (χ0n) is 8.04. The molecule has 0 fully saturated rings. The van der Waals surface area contributed by atoms with Crippen LogP contribution < -0.4 is 9.47 Å². The van der Waals surface area contributed by atoms with Crippen LogP contribution >= 0.6 is 0 Å². The molecule has 1 aromatic carbocycles. The number of rotatable bonds is 3. The molecule has 0 N–H and O–H groups in total. The van der Waals surface area contributed by atoms with E-state index in [9.17, 15) is 18.0 Å². The third kappa shape index (κ3) is 2.99. The van der Waals surface area contributed by atoms with Crippen molar-refractivity contribution in [3.05, 3.63) is 18.2 Å². The molecule has 0 aromatic heterocycles. The molecule has 4 nitrogen and oxygen atoms in total. The first-order valence-electron chi connectivity index (χ1n) is 3.98. The van der Waals surface area contributed by atoms with E-state index in [0.717, 1.165) is 13.2 Å². The Morgan fingerprint density at radius 1 is 1.38 bits per heavy atom. The number of aliphatic imine (C=N–C) groups is 1. The van der Waals surface area contributed by atoms with Crippen LogP contribution in [-0.2, 0) is 4.79 Å². The van der Waals surface area contributed by atoms with Gasteiger partial charge < -0.3 is 9.47 Å². The average molecular weight is 233 g/mol. The lowest BCUT2D eigenvalue weighted by Gasteiger charge is -2.12. The quantitative estimate of drug-likeness (QED) is 0.595. The fraction of sp³-hybridized carbons (Fsp3) is 0.222. The number of alkyl halides is 3. The number of halogens is 3. The second-order valence-corrected chi connectivity index (χ2v) is 2.56. The summed E-state index contributed by atoms with van der Waals surface area (Å²) >= 11 is 0. The number of isocyanates is 1. The van der Waals surface area contributed by atoms with Crippen LogP contribution in [0.1, 0.15) is 0 Å². The van der Waals surface area contributed by atoms with Gasteiger partial charge in [-0.2, -0.15) is 4.99 Å². The molecule has 0 aliphatic carbocycles. The van der Waals surface area contributed by atoms with Gasteiger partial charge in [0.25, 0.3) is 0 Å². The molecule has 0 aliphatic rings. The molecule has 0 heterocycles. The van der Waals surface area contributed by atoms with Gasteiger partial charge in [0.15, 0.2) is 11.5 Å². The summed E-state index contributed by atoms with van der Waals surface area (Å²) in [6.07, 6.45) is -3.63. The molecule has 1 aromatic rings. The summed E-state index contributed by atoms with van der Waals surface area (Å²) in [6.45, 7) is 0. The topological polar surface area (TPSA) is 47.9 Å². The van der Waals surface area contributed by atoms with Gasteiger partial charge in [0, 0.05) is 0 Å². The molecule has 0 atom stereocenters. The van der Waals surface area contributed by atoms with Crippen LogP contribution in [0.15, 0.2) is 23.2 Å². The molecule has 0 saturated carbocycles. The summed E-state index contributed by atoms with van der Waals surface area (Å²) in [5.41, 5.74) is -0.0840. The van der Waals surface area contributed by atoms with Crippen LogP contribution in [0.2, 0.25) is 0 Å². The van der Waals surface area contributed by atoms with Crippen molar-refractivity contribution in [3.63, 3.8) is 0 Å². The first-order valence-corrected chi connectivity index (χ1v) is 3.98. The molecule has 0 saturated heterocycles. The van der Waals surface area contributed by atoms with Crippen LogP contribution in [0.3, 0.4) is 0 Å². The molecule has 0 aliphatic heterocycles. The highest BCUT2D eigenvalue weighted by atomic mass is 19.4. The highest BCUT2D eigenvalue weighted by molar-refractivity contribution is 5.63. The number of hydrogen-bond acceptors (Lipinski definition) is 4. The van der Waals surface area contributed by atoms with E-state index in [-0.39, 0.29) is 11.4 Å². The summed E-state index contributed by atoms with van der Waals surface area (Å²) in [7, 11) is 1.14. The van der Waals surface area contributed by atoms with Crippen LogP contribution in [0.25, 0.3) is 0 Å². The molecule has 0 bridgehead atoms. The van der Waals surface area contributed by atoms with E-state index in [1.54, 1.807) is 0 Å². The standard InChI is InChI=1S/C9H6F3NO3/c1-15-8-6(13-5-14)3-2-4-7(8)16-9(10,11)12/h2-4H,1H3. The third-order valence-corrected chi connectivity index (χ3v) is 1.55. The van der Waals surface area contributed by atoms with Crippen molar-refractivity contribution in [2.24, 2.45) is 4.99 Å². The van der Waals surface area contributed by atoms with E-state index < -0.39 is 12.1 Å². The Morgan fingerprint density at radius 3 is 2.56 bits per heavy atom. The highest BCUT2D eigenvalue weighted by Gasteiger charge is 2.32. The minimum Gasteiger partial charge on any atom is -0.491 e. The summed E-state index contributed by atoms with van der Waals surface area (Å²) in [5.74, 6) is -0.838. The number of ether oxygens (including phenoxy) is 2. The number of nitrogens with zero attached hydrogens (tertiary/aromatic N) is 1. The minimum absolute atomic E-state index is 0.0840. The predicted octanol–water partition coefficient (Wildman–Crippen LogP) is 2.56. The van der Waals surface area contributed by atoms with Gasteiger partial charge in [-0.1, -0.05) is 6.07 Å². The van der Waals surface area contributed by atoms with Crippen molar-refractivity contribution in [3.8, 4) is 11.5 Å². The fourth-order valence-electron chi connectivity index (χ4n) is 1.05. The zero-order chi connectivity index (χ0) is 12.2. The maximum Gasteiger partial charge on any atom is 0.573 e. The van der Waals surface area contributed by atoms with E-state index in [2.05, 4.69) is 14.5 Å². The van der Waals surface area contributed by atoms with Crippen molar-refractivity contribution in [1.29, 1.82) is 0 Å². The van der Waals surface area contributed by atoms with E-state index in [4.69, 9.17) is 0 Å². The number of para-hydroxylation sites is 1. The van der Waals surface area contributed by atoms with Crippen molar-refractivity contribution in [2.45, 2.75) is 6.36 Å². The largest absolute Gasteiger partial charge is 0.573 e. The molecular formula is C9H6F3NO3. The van der Waals surface area contributed by atoms with Crippen LogP contribution in [0.5, 0.6) is 11.5 Å². The Kier molecular flexibility index (Phi) is 3.52. The molecule has 0 unspecified atom stereocenters. The molecule has 1 rings (SSSR count). The van der Waals surface area contributed by atoms with Gasteiger partial charge in [0.1, 0.15) is 5.69 Å².